The van der Waals surface area contributed by atoms with Gasteiger partial charge in [-0.1, -0.05) is 43.5 Å². The molecule has 118 valence electrons. The lowest BCUT2D eigenvalue weighted by Gasteiger charge is -2.23. The fourth-order valence-corrected chi connectivity index (χ4v) is 2.76. The Balaban J connectivity index is 2.16. The minimum atomic E-state index is -0.237. The van der Waals surface area contributed by atoms with Gasteiger partial charge in [0.1, 0.15) is 5.70 Å². The van der Waals surface area contributed by atoms with Crippen molar-refractivity contribution in [2.24, 2.45) is 0 Å². The van der Waals surface area contributed by atoms with Gasteiger partial charge in [0.25, 0.3) is 5.91 Å². The first-order valence-corrected chi connectivity index (χ1v) is 7.92. The van der Waals surface area contributed by atoms with E-state index in [1.165, 1.54) is 13.3 Å². The van der Waals surface area contributed by atoms with E-state index in [0.29, 0.717) is 5.70 Å². The van der Waals surface area contributed by atoms with Crippen LogP contribution in [0, 0.1) is 6.92 Å². The van der Waals surface area contributed by atoms with Gasteiger partial charge in [-0.3, -0.25) is 9.59 Å². The lowest BCUT2D eigenvalue weighted by molar-refractivity contribution is -0.122. The summed E-state index contributed by atoms with van der Waals surface area (Å²) in [6, 6.07) is 8.01. The summed E-state index contributed by atoms with van der Waals surface area (Å²) in [5.74, 6) is -0.441. The molecule has 1 saturated carbocycles. The molecule has 22 heavy (non-hydrogen) atoms. The van der Waals surface area contributed by atoms with Crippen LogP contribution in [0.3, 0.4) is 0 Å². The highest BCUT2D eigenvalue weighted by atomic mass is 16.2. The molecule has 0 unspecified atom stereocenters. The Morgan fingerprint density at radius 1 is 1.14 bits per heavy atom. The molecular weight excluding hydrogens is 276 g/mol. The van der Waals surface area contributed by atoms with Crippen molar-refractivity contribution in [2.45, 2.75) is 52.0 Å². The lowest BCUT2D eigenvalue weighted by atomic mass is 9.95. The topological polar surface area (TPSA) is 58.2 Å². The van der Waals surface area contributed by atoms with Crippen molar-refractivity contribution >= 4 is 17.9 Å². The van der Waals surface area contributed by atoms with E-state index in [4.69, 9.17) is 0 Å². The molecule has 0 aliphatic heterocycles. The highest BCUT2D eigenvalue weighted by Gasteiger charge is 2.18. The molecule has 1 fully saturated rings. The summed E-state index contributed by atoms with van der Waals surface area (Å²) in [6.07, 6.45) is 7.33. The monoisotopic (exact) mass is 300 g/mol. The first kappa shape index (κ1) is 16.3. The molecule has 0 spiro atoms. The third-order valence-corrected chi connectivity index (χ3v) is 3.98. The predicted octanol–water partition coefficient (Wildman–Crippen LogP) is 2.92. The van der Waals surface area contributed by atoms with Crippen molar-refractivity contribution in [2.75, 3.05) is 0 Å². The number of amides is 2. The minimum absolute atomic E-state index is 0.203. The molecule has 0 atom stereocenters. The first-order chi connectivity index (χ1) is 10.6. The Labute approximate surface area is 132 Å². The smallest absolute Gasteiger partial charge is 0.268 e. The molecule has 0 radical (unpaired) electrons. The van der Waals surface area contributed by atoms with Crippen molar-refractivity contribution in [3.8, 4) is 0 Å². The molecule has 1 aromatic rings. The Kier molecular flexibility index (Phi) is 5.75. The largest absolute Gasteiger partial charge is 0.348 e. The SMILES string of the molecule is CC(=O)NC(=Cc1ccccc1C)C(=O)NC1CCCCC1. The summed E-state index contributed by atoms with van der Waals surface area (Å²) in [7, 11) is 0. The number of carbonyl (C=O) groups excluding carboxylic acids is 2. The summed E-state index contributed by atoms with van der Waals surface area (Å²) in [4.78, 5) is 23.9. The summed E-state index contributed by atoms with van der Waals surface area (Å²) < 4.78 is 0. The normalized spacial score (nSPS) is 16.2. The minimum Gasteiger partial charge on any atom is -0.348 e. The number of nitrogens with one attached hydrogen (secondary N) is 2. The second-order valence-corrected chi connectivity index (χ2v) is 5.90. The molecule has 0 bridgehead atoms. The van der Waals surface area contributed by atoms with Crippen LogP contribution in [0.1, 0.15) is 50.2 Å². The highest BCUT2D eigenvalue weighted by molar-refractivity contribution is 6.01. The van der Waals surface area contributed by atoms with Crippen LogP contribution in [-0.2, 0) is 9.59 Å². The fraction of sp³-hybridized carbons (Fsp3) is 0.444. The van der Waals surface area contributed by atoms with Gasteiger partial charge in [0.05, 0.1) is 0 Å². The Hall–Kier alpha value is -2.10. The zero-order chi connectivity index (χ0) is 15.9. The molecule has 1 aromatic carbocycles. The van der Waals surface area contributed by atoms with E-state index < -0.39 is 0 Å². The predicted molar refractivity (Wildman–Crippen MR) is 88.0 cm³/mol. The Morgan fingerprint density at radius 3 is 2.45 bits per heavy atom. The number of benzene rings is 1. The number of aryl methyl sites for hydroxylation is 1. The average Bonchev–Trinajstić information content (AvgIpc) is 2.49. The van der Waals surface area contributed by atoms with Crippen molar-refractivity contribution in [3.05, 3.63) is 41.1 Å². The zero-order valence-corrected chi connectivity index (χ0v) is 13.3. The van der Waals surface area contributed by atoms with Gasteiger partial charge >= 0.3 is 0 Å². The molecule has 0 heterocycles. The number of rotatable bonds is 4. The van der Waals surface area contributed by atoms with Gasteiger partial charge in [-0.25, -0.2) is 0 Å². The van der Waals surface area contributed by atoms with Crippen LogP contribution in [0.15, 0.2) is 30.0 Å². The Bertz CT molecular complexity index is 572. The number of hydrogen-bond donors (Lipinski definition) is 2. The Morgan fingerprint density at radius 2 is 1.82 bits per heavy atom. The van der Waals surface area contributed by atoms with E-state index in [1.807, 2.05) is 31.2 Å². The number of carbonyl (C=O) groups is 2. The maximum Gasteiger partial charge on any atom is 0.268 e. The van der Waals surface area contributed by atoms with Gasteiger partial charge < -0.3 is 10.6 Å². The van der Waals surface area contributed by atoms with Gasteiger partial charge in [-0.05, 0) is 37.0 Å². The zero-order valence-electron chi connectivity index (χ0n) is 13.3. The van der Waals surface area contributed by atoms with Crippen LogP contribution in [0.4, 0.5) is 0 Å². The van der Waals surface area contributed by atoms with E-state index in [1.54, 1.807) is 6.08 Å². The van der Waals surface area contributed by atoms with E-state index in [-0.39, 0.29) is 17.9 Å². The summed E-state index contributed by atoms with van der Waals surface area (Å²) in [5, 5.41) is 5.70. The van der Waals surface area contributed by atoms with Gasteiger partial charge in [-0.2, -0.15) is 0 Å². The maximum atomic E-state index is 12.5. The highest BCUT2D eigenvalue weighted by Crippen LogP contribution is 2.18. The molecule has 1 aliphatic carbocycles. The van der Waals surface area contributed by atoms with Crippen LogP contribution in [-0.4, -0.2) is 17.9 Å². The summed E-state index contributed by atoms with van der Waals surface area (Å²) >= 11 is 0. The molecule has 4 nitrogen and oxygen atoms in total. The molecular formula is C18H24N2O2. The summed E-state index contributed by atoms with van der Waals surface area (Å²) in [5.41, 5.74) is 2.31. The molecule has 0 saturated heterocycles. The molecule has 2 amide bonds. The maximum absolute atomic E-state index is 12.5. The van der Waals surface area contributed by atoms with Crippen molar-refractivity contribution < 1.29 is 9.59 Å². The first-order valence-electron chi connectivity index (χ1n) is 7.92. The van der Waals surface area contributed by atoms with Crippen molar-refractivity contribution in [1.82, 2.24) is 10.6 Å². The average molecular weight is 300 g/mol. The van der Waals surface area contributed by atoms with Crippen LogP contribution in [0.5, 0.6) is 0 Å². The second kappa shape index (κ2) is 7.78. The molecule has 4 heteroatoms. The van der Waals surface area contributed by atoms with Gasteiger partial charge in [0, 0.05) is 13.0 Å². The van der Waals surface area contributed by atoms with E-state index in [9.17, 15) is 9.59 Å². The standard InChI is InChI=1S/C18H24N2O2/c1-13-8-6-7-9-15(13)12-17(19-14(2)21)18(22)20-16-10-4-3-5-11-16/h6-9,12,16H,3-5,10-11H2,1-2H3,(H,19,21)(H,20,22). The molecule has 1 aliphatic rings. The lowest BCUT2D eigenvalue weighted by Crippen LogP contribution is -2.40. The van der Waals surface area contributed by atoms with Crippen molar-refractivity contribution in [3.63, 3.8) is 0 Å². The molecule has 2 N–H and O–H groups in total. The van der Waals surface area contributed by atoms with E-state index in [0.717, 1.165) is 36.8 Å². The number of hydrogen-bond acceptors (Lipinski definition) is 2. The molecule has 2 rings (SSSR count). The molecule has 0 aromatic heterocycles. The van der Waals surface area contributed by atoms with Crippen LogP contribution >= 0.6 is 0 Å². The van der Waals surface area contributed by atoms with Gasteiger partial charge in [-0.15, -0.1) is 0 Å². The van der Waals surface area contributed by atoms with Crippen LogP contribution < -0.4 is 10.6 Å². The van der Waals surface area contributed by atoms with Gasteiger partial charge in [0.2, 0.25) is 5.91 Å². The third-order valence-electron chi connectivity index (χ3n) is 3.98. The fourth-order valence-electron chi connectivity index (χ4n) is 2.76. The van der Waals surface area contributed by atoms with Gasteiger partial charge in [0.15, 0.2) is 0 Å². The van der Waals surface area contributed by atoms with Crippen LogP contribution in [0.2, 0.25) is 0 Å². The summed E-state index contributed by atoms with van der Waals surface area (Å²) in [6.45, 7) is 3.40. The van der Waals surface area contributed by atoms with E-state index in [2.05, 4.69) is 10.6 Å². The van der Waals surface area contributed by atoms with Crippen molar-refractivity contribution in [1.29, 1.82) is 0 Å². The quantitative estimate of drug-likeness (QED) is 0.840. The third kappa shape index (κ3) is 4.72. The second-order valence-electron chi connectivity index (χ2n) is 5.90. The van der Waals surface area contributed by atoms with Crippen LogP contribution in [0.25, 0.3) is 6.08 Å². The van der Waals surface area contributed by atoms with E-state index >= 15 is 0 Å².